The molecule has 0 nitrogen and oxygen atoms in total. The van der Waals surface area contributed by atoms with Crippen molar-refractivity contribution >= 4 is 17.6 Å². The van der Waals surface area contributed by atoms with Gasteiger partial charge in [-0.15, -0.1) is 0 Å². The summed E-state index contributed by atoms with van der Waals surface area (Å²) in [4.78, 5) is 0. The number of hydrogen-bond donors (Lipinski definition) is 0. The Kier molecular flexibility index (Phi) is 10.6. The summed E-state index contributed by atoms with van der Waals surface area (Å²) in [7, 11) is 0. The van der Waals surface area contributed by atoms with E-state index in [1.807, 2.05) is 0 Å². The van der Waals surface area contributed by atoms with Crippen LogP contribution in [0.3, 0.4) is 0 Å². The monoisotopic (exact) mass is 818 g/mol. The molecule has 0 fully saturated rings. The van der Waals surface area contributed by atoms with Gasteiger partial charge in [-0.25, -0.2) is 0 Å². The Morgan fingerprint density at radius 1 is 0.542 bits per heavy atom. The second kappa shape index (κ2) is 14.4. The van der Waals surface area contributed by atoms with Gasteiger partial charge in [0.15, 0.2) is 0 Å². The molecule has 2 aliphatic rings. The van der Waals surface area contributed by atoms with Gasteiger partial charge in [-0.2, -0.15) is 0 Å². The zero-order chi connectivity index (χ0) is 34.1. The molecule has 2 heteroatoms. The predicted molar refractivity (Wildman–Crippen MR) is 212 cm³/mol. The molecule has 250 valence electrons. The van der Waals surface area contributed by atoms with E-state index in [1.165, 1.54) is 106 Å². The molecule has 0 radical (unpaired) electrons. The van der Waals surface area contributed by atoms with Crippen LogP contribution in [0, 0.1) is 27.7 Å². The number of unbranched alkanes of at least 4 members (excludes halogenated alkanes) is 4. The van der Waals surface area contributed by atoms with Gasteiger partial charge in [0.25, 0.3) is 0 Å². The van der Waals surface area contributed by atoms with Gasteiger partial charge in [0.2, 0.25) is 0 Å². The predicted octanol–water partition coefficient (Wildman–Crippen LogP) is 14.2. The van der Waals surface area contributed by atoms with Crippen LogP contribution in [0.1, 0.15) is 104 Å². The van der Waals surface area contributed by atoms with Crippen molar-refractivity contribution in [2.24, 2.45) is 0 Å². The molecule has 4 aromatic carbocycles. The third kappa shape index (κ3) is 6.54. The normalized spacial score (nSPS) is 16.8. The molecule has 2 unspecified atom stereocenters. The number of aryl methyl sites for hydroxylation is 4. The van der Waals surface area contributed by atoms with Gasteiger partial charge in [-0.3, -0.25) is 0 Å². The first-order chi connectivity index (χ1) is 23.0. The van der Waals surface area contributed by atoms with Crippen molar-refractivity contribution in [1.29, 1.82) is 0 Å². The van der Waals surface area contributed by atoms with E-state index in [0.717, 1.165) is 0 Å². The molecule has 0 spiro atoms. The van der Waals surface area contributed by atoms with Crippen molar-refractivity contribution in [2.45, 2.75) is 109 Å². The van der Waals surface area contributed by atoms with Crippen LogP contribution in [-0.4, -0.2) is 5.49 Å². The molecule has 0 saturated carbocycles. The second-order valence-corrected chi connectivity index (χ2v) is 62.1. The molecule has 0 aliphatic heterocycles. The minimum atomic E-state index is -3.96. The van der Waals surface area contributed by atoms with Gasteiger partial charge < -0.3 is 0 Å². The van der Waals surface area contributed by atoms with Gasteiger partial charge in [0, 0.05) is 0 Å². The van der Waals surface area contributed by atoms with Crippen molar-refractivity contribution in [3.63, 3.8) is 0 Å². The Hall–Kier alpha value is -2.55. The summed E-state index contributed by atoms with van der Waals surface area (Å²) >= 11 is -3.96. The van der Waals surface area contributed by atoms with E-state index in [0.29, 0.717) is 7.35 Å². The molecule has 4 aromatic rings. The van der Waals surface area contributed by atoms with E-state index >= 15 is 0 Å². The molecule has 0 amide bonds. The van der Waals surface area contributed by atoms with Crippen LogP contribution in [-0.2, 0) is 17.1 Å². The summed E-state index contributed by atoms with van der Waals surface area (Å²) in [5, 5.41) is 0. The second-order valence-electron chi connectivity index (χ2n) is 16.2. The molecule has 48 heavy (non-hydrogen) atoms. The standard InChI is InChI=1S/2C17H15.C10H22Si.2CH3.Hf/c2*1-12-9-13(2)11-15(10-12)17-8-4-6-14-5-3-7-16(14)17;1-3-5-7-9-11-10-8-6-4-2;;;/h2*3-11H,1-2H3;3-10H2,1-2H3;2*1H3;. The van der Waals surface area contributed by atoms with Crippen molar-refractivity contribution in [2.75, 3.05) is 0 Å². The van der Waals surface area contributed by atoms with Crippen LogP contribution in [0.25, 0.3) is 34.4 Å². The first-order valence-electron chi connectivity index (χ1n) is 18.9. The number of fused-ring (bicyclic) bond motifs is 2. The van der Waals surface area contributed by atoms with Crippen LogP contribution in [0.2, 0.25) is 21.4 Å². The van der Waals surface area contributed by atoms with E-state index in [9.17, 15) is 0 Å². The number of hydrogen-bond acceptors (Lipinski definition) is 0. The number of benzene rings is 4. The van der Waals surface area contributed by atoms with Crippen molar-refractivity contribution < 1.29 is 17.1 Å². The summed E-state index contributed by atoms with van der Waals surface area (Å²) in [6, 6.07) is 31.7. The molecule has 0 bridgehead atoms. The number of allylic oxidation sites excluding steroid dienone is 2. The summed E-state index contributed by atoms with van der Waals surface area (Å²) in [5.74, 6) is 0. The Morgan fingerprint density at radius 3 is 1.31 bits per heavy atom. The van der Waals surface area contributed by atoms with E-state index in [1.54, 1.807) is 11.1 Å². The van der Waals surface area contributed by atoms with E-state index < -0.39 is 22.6 Å². The SMILES string of the molecule is CCCCC[Si](CCCCC)=[Hf]([CH3])([CH3])([CH]1C=Cc2c(-c3cc(C)cc(C)c3)cccc21)[CH]1C=Cc2c(-c3cc(C)cc(C)c3)cccc21. The average molecular weight is 818 g/mol. The molecular weight excluding hydrogens is 759 g/mol. The number of rotatable bonds is 12. The summed E-state index contributed by atoms with van der Waals surface area (Å²) in [6.07, 6.45) is 18.7. The third-order valence-electron chi connectivity index (χ3n) is 12.1. The molecular formula is C46H58HfSi. The Balaban J connectivity index is 1.58. The van der Waals surface area contributed by atoms with Gasteiger partial charge in [-0.1, -0.05) is 0 Å². The fourth-order valence-corrected chi connectivity index (χ4v) is 63.2. The zero-order valence-corrected chi connectivity index (χ0v) is 35.6. The fourth-order valence-electron chi connectivity index (χ4n) is 9.71. The van der Waals surface area contributed by atoms with Gasteiger partial charge in [-0.05, 0) is 0 Å². The van der Waals surface area contributed by atoms with E-state index in [4.69, 9.17) is 0 Å². The van der Waals surface area contributed by atoms with Crippen molar-refractivity contribution in [3.8, 4) is 22.3 Å². The summed E-state index contributed by atoms with van der Waals surface area (Å²) in [6.45, 7) is 13.7. The van der Waals surface area contributed by atoms with Crippen LogP contribution < -0.4 is 0 Å². The molecule has 0 N–H and O–H groups in total. The van der Waals surface area contributed by atoms with Crippen LogP contribution in [0.15, 0.2) is 84.9 Å². The summed E-state index contributed by atoms with van der Waals surface area (Å²) < 4.78 is 7.07. The maximum absolute atomic E-state index is 3.96. The van der Waals surface area contributed by atoms with Gasteiger partial charge in [0.05, 0.1) is 0 Å². The molecule has 0 aromatic heterocycles. The molecule has 2 aliphatic carbocycles. The maximum atomic E-state index is 2.96. The van der Waals surface area contributed by atoms with Crippen molar-refractivity contribution in [3.05, 3.63) is 129 Å². The van der Waals surface area contributed by atoms with Gasteiger partial charge in [0.1, 0.15) is 0 Å². The van der Waals surface area contributed by atoms with E-state index in [-0.39, 0.29) is 0 Å². The van der Waals surface area contributed by atoms with Crippen LogP contribution in [0.5, 0.6) is 0 Å². The van der Waals surface area contributed by atoms with E-state index in [2.05, 4.69) is 148 Å². The first kappa shape index (κ1) is 35.3. The Morgan fingerprint density at radius 2 is 0.938 bits per heavy atom. The Bertz CT molecular complexity index is 1790. The Labute approximate surface area is 293 Å². The molecule has 6 rings (SSSR count). The minimum absolute atomic E-state index is 0.575. The van der Waals surface area contributed by atoms with Crippen LogP contribution in [0.4, 0.5) is 0 Å². The van der Waals surface area contributed by atoms with Crippen molar-refractivity contribution in [1.82, 2.24) is 0 Å². The molecule has 0 heterocycles. The van der Waals surface area contributed by atoms with Gasteiger partial charge >= 0.3 is 295 Å². The quantitative estimate of drug-likeness (QED) is 0.0987. The summed E-state index contributed by atoms with van der Waals surface area (Å²) in [5.41, 5.74) is 16.6. The zero-order valence-electron chi connectivity index (χ0n) is 31.0. The van der Waals surface area contributed by atoms with Crippen LogP contribution >= 0.6 is 0 Å². The average Bonchev–Trinajstić information content (AvgIpc) is 3.69. The topological polar surface area (TPSA) is 0 Å². The first-order valence-corrected chi connectivity index (χ1v) is 37.5. The molecule has 2 atom stereocenters. The fraction of sp³-hybridized carbons (Fsp3) is 0.391. The third-order valence-corrected chi connectivity index (χ3v) is 68.2. The molecule has 0 saturated heterocycles.